The number of rotatable bonds is 8. The topological polar surface area (TPSA) is 120 Å². The molecule has 0 saturated heterocycles. The fourth-order valence-electron chi connectivity index (χ4n) is 3.54. The van der Waals surface area contributed by atoms with Crippen LogP contribution in [0.3, 0.4) is 0 Å². The van der Waals surface area contributed by atoms with Gasteiger partial charge in [-0.3, -0.25) is 4.72 Å². The summed E-state index contributed by atoms with van der Waals surface area (Å²) >= 11 is 6.40. The number of aliphatic hydroxyl groups excluding tert-OH is 1. The van der Waals surface area contributed by atoms with E-state index in [0.717, 1.165) is 0 Å². The minimum absolute atomic E-state index is 0.0598. The second kappa shape index (κ2) is 11.0. The molecule has 1 heterocycles. The molecule has 2 aromatic rings. The summed E-state index contributed by atoms with van der Waals surface area (Å²) in [6.07, 6.45) is -2.15. The van der Waals surface area contributed by atoms with Gasteiger partial charge in [0.25, 0.3) is 10.2 Å². The zero-order valence-corrected chi connectivity index (χ0v) is 22.0. The van der Waals surface area contributed by atoms with Gasteiger partial charge in [-0.2, -0.15) is 8.42 Å². The van der Waals surface area contributed by atoms with Crippen molar-refractivity contribution in [1.82, 2.24) is 14.5 Å². The van der Waals surface area contributed by atoms with Crippen LogP contribution in [0.1, 0.15) is 11.1 Å². The summed E-state index contributed by atoms with van der Waals surface area (Å²) < 4.78 is 54.1. The molecule has 1 amide bonds. The third kappa shape index (κ3) is 6.26. The number of likely N-dealkylation sites (N-methyl/N-ethyl adjacent to an activating group) is 1. The number of hydrogen-bond acceptors (Lipinski definition) is 7. The van der Waals surface area contributed by atoms with Crippen LogP contribution in [-0.2, 0) is 16.6 Å². The number of benzene rings is 2. The number of carbonyl (C=O) groups excluding carboxylic acids is 1. The number of halogens is 2. The maximum atomic E-state index is 15.2. The zero-order valence-electron chi connectivity index (χ0n) is 20.4. The summed E-state index contributed by atoms with van der Waals surface area (Å²) in [4.78, 5) is 15.1. The third-order valence-electron chi connectivity index (χ3n) is 5.29. The first kappa shape index (κ1) is 27.7. The standard InChI is InChI=1S/C23H28ClFN4O6S/c1-26-36(32,33)27-18-8-6-7-13(21(18)25)9-15-16(12-28(2)3)14-10-17(24)20(35-23(31)29(4)5)11-19(14)34-22(15)30/h6-8,10-11,22,26-27,30H,9,12H2,1-5H3. The molecule has 2 aromatic carbocycles. The molecule has 0 radical (unpaired) electrons. The molecule has 0 bridgehead atoms. The van der Waals surface area contributed by atoms with Crippen molar-refractivity contribution < 1.29 is 32.2 Å². The molecule has 1 unspecified atom stereocenters. The lowest BCUT2D eigenvalue weighted by molar-refractivity contribution is 0.00995. The Morgan fingerprint density at radius 1 is 1.25 bits per heavy atom. The summed E-state index contributed by atoms with van der Waals surface area (Å²) in [6, 6.07) is 7.27. The van der Waals surface area contributed by atoms with E-state index < -0.39 is 28.4 Å². The Morgan fingerprint density at radius 3 is 2.56 bits per heavy atom. The normalized spacial score (nSPS) is 15.4. The van der Waals surface area contributed by atoms with Gasteiger partial charge in [-0.25, -0.2) is 13.9 Å². The first-order chi connectivity index (χ1) is 16.8. The predicted molar refractivity (Wildman–Crippen MR) is 135 cm³/mol. The van der Waals surface area contributed by atoms with Gasteiger partial charge in [0.1, 0.15) is 5.75 Å². The molecule has 3 rings (SSSR count). The average molecular weight is 543 g/mol. The largest absolute Gasteiger partial charge is 0.460 e. The van der Waals surface area contributed by atoms with E-state index in [2.05, 4.69) is 9.44 Å². The van der Waals surface area contributed by atoms with Crippen molar-refractivity contribution in [3.05, 3.63) is 57.9 Å². The molecule has 1 aliphatic rings. The van der Waals surface area contributed by atoms with Crippen molar-refractivity contribution in [2.45, 2.75) is 12.7 Å². The summed E-state index contributed by atoms with van der Waals surface area (Å²) in [5.74, 6) is -0.482. The van der Waals surface area contributed by atoms with Crippen molar-refractivity contribution in [3.8, 4) is 11.5 Å². The van der Waals surface area contributed by atoms with E-state index in [-0.39, 0.29) is 34.2 Å². The number of nitrogens with zero attached hydrogens (tertiary/aromatic N) is 2. The van der Waals surface area contributed by atoms with Gasteiger partial charge in [-0.05, 0) is 37.4 Å². The molecule has 0 aliphatic carbocycles. The average Bonchev–Trinajstić information content (AvgIpc) is 2.79. The van der Waals surface area contributed by atoms with Crippen LogP contribution >= 0.6 is 11.6 Å². The summed E-state index contributed by atoms with van der Waals surface area (Å²) in [5.41, 5.74) is 1.47. The van der Waals surface area contributed by atoms with E-state index in [4.69, 9.17) is 21.1 Å². The van der Waals surface area contributed by atoms with E-state index >= 15 is 4.39 Å². The predicted octanol–water partition coefficient (Wildman–Crippen LogP) is 2.68. The highest BCUT2D eigenvalue weighted by Gasteiger charge is 2.30. The minimum atomic E-state index is -3.93. The van der Waals surface area contributed by atoms with Crippen molar-refractivity contribution >= 4 is 39.2 Å². The number of ether oxygens (including phenoxy) is 2. The van der Waals surface area contributed by atoms with Crippen LogP contribution in [0, 0.1) is 5.82 Å². The van der Waals surface area contributed by atoms with E-state index in [9.17, 15) is 18.3 Å². The quantitative estimate of drug-likeness (QED) is 0.469. The highest BCUT2D eigenvalue weighted by atomic mass is 35.5. The molecule has 3 N–H and O–H groups in total. The summed E-state index contributed by atoms with van der Waals surface area (Å²) in [6.45, 7) is 0.351. The maximum Gasteiger partial charge on any atom is 0.414 e. The second-order valence-electron chi connectivity index (χ2n) is 8.52. The Hall–Kier alpha value is -2.90. The van der Waals surface area contributed by atoms with E-state index in [0.29, 0.717) is 23.3 Å². The van der Waals surface area contributed by atoms with Gasteiger partial charge in [0, 0.05) is 51.3 Å². The monoisotopic (exact) mass is 542 g/mol. The smallest absolute Gasteiger partial charge is 0.414 e. The molecule has 13 heteroatoms. The van der Waals surface area contributed by atoms with Crippen LogP contribution in [0.15, 0.2) is 35.9 Å². The molecule has 0 aromatic heterocycles. The molecule has 0 spiro atoms. The van der Waals surface area contributed by atoms with E-state index in [1.54, 1.807) is 6.07 Å². The number of amides is 1. The molecular weight excluding hydrogens is 515 g/mol. The lowest BCUT2D eigenvalue weighted by Gasteiger charge is -2.30. The number of hydrogen-bond donors (Lipinski definition) is 3. The summed E-state index contributed by atoms with van der Waals surface area (Å²) in [7, 11) is 3.98. The van der Waals surface area contributed by atoms with Crippen molar-refractivity contribution in [2.24, 2.45) is 0 Å². The lowest BCUT2D eigenvalue weighted by atomic mass is 9.91. The third-order valence-corrected chi connectivity index (χ3v) is 6.61. The number of anilines is 1. The van der Waals surface area contributed by atoms with Crippen LogP contribution in [-0.4, -0.2) is 77.5 Å². The van der Waals surface area contributed by atoms with Crippen LogP contribution < -0.4 is 18.9 Å². The van der Waals surface area contributed by atoms with Gasteiger partial charge < -0.3 is 24.4 Å². The Kier molecular flexibility index (Phi) is 8.47. The molecule has 10 nitrogen and oxygen atoms in total. The molecule has 36 heavy (non-hydrogen) atoms. The zero-order chi connectivity index (χ0) is 26.8. The highest BCUT2D eigenvalue weighted by Crippen LogP contribution is 2.42. The second-order valence-corrected chi connectivity index (χ2v) is 10.5. The van der Waals surface area contributed by atoms with Crippen molar-refractivity contribution in [1.29, 1.82) is 0 Å². The van der Waals surface area contributed by atoms with Gasteiger partial charge in [0.15, 0.2) is 11.6 Å². The number of nitrogens with one attached hydrogen (secondary N) is 2. The van der Waals surface area contributed by atoms with Gasteiger partial charge in [0.2, 0.25) is 6.29 Å². The maximum absolute atomic E-state index is 15.2. The van der Waals surface area contributed by atoms with Crippen LogP contribution in [0.2, 0.25) is 5.02 Å². The molecule has 1 aliphatic heterocycles. The molecule has 1 atom stereocenters. The molecule has 0 saturated carbocycles. The highest BCUT2D eigenvalue weighted by molar-refractivity contribution is 7.90. The first-order valence-corrected chi connectivity index (χ1v) is 12.6. The van der Waals surface area contributed by atoms with Crippen LogP contribution in [0.4, 0.5) is 14.9 Å². The van der Waals surface area contributed by atoms with Gasteiger partial charge in [0.05, 0.1) is 10.7 Å². The van der Waals surface area contributed by atoms with Gasteiger partial charge in [-0.15, -0.1) is 0 Å². The number of fused-ring (bicyclic) bond motifs is 1. The Labute approximate surface area is 214 Å². The van der Waals surface area contributed by atoms with Crippen molar-refractivity contribution in [2.75, 3.05) is 46.5 Å². The van der Waals surface area contributed by atoms with Gasteiger partial charge in [-0.1, -0.05) is 23.7 Å². The number of carbonyl (C=O) groups is 1. The SMILES string of the molecule is CNS(=O)(=O)Nc1cccc(CC2=C(CN(C)C)c3cc(Cl)c(OC(=O)N(C)C)cc3OC2O)c1F. The fourth-order valence-corrected chi connectivity index (χ4v) is 4.29. The first-order valence-electron chi connectivity index (χ1n) is 10.8. The molecule has 196 valence electrons. The van der Waals surface area contributed by atoms with Crippen LogP contribution in [0.25, 0.3) is 5.57 Å². The van der Waals surface area contributed by atoms with Gasteiger partial charge >= 0.3 is 6.09 Å². The summed E-state index contributed by atoms with van der Waals surface area (Å²) in [5, 5.41) is 11.0. The molecule has 0 fully saturated rings. The Bertz CT molecular complexity index is 1300. The van der Waals surface area contributed by atoms with E-state index in [1.165, 1.54) is 50.3 Å². The van der Waals surface area contributed by atoms with Crippen LogP contribution in [0.5, 0.6) is 11.5 Å². The van der Waals surface area contributed by atoms with Crippen molar-refractivity contribution in [3.63, 3.8) is 0 Å². The Balaban J connectivity index is 2.07. The fraction of sp³-hybridized carbons (Fsp3) is 0.348. The number of aliphatic hydroxyl groups is 1. The lowest BCUT2D eigenvalue weighted by Crippen LogP contribution is -2.30. The Morgan fingerprint density at radius 2 is 1.94 bits per heavy atom. The van der Waals surface area contributed by atoms with E-state index in [1.807, 2.05) is 19.0 Å². The minimum Gasteiger partial charge on any atom is -0.460 e. The molecular formula is C23H28ClFN4O6S.